The van der Waals surface area contributed by atoms with Gasteiger partial charge < -0.3 is 11.1 Å². The Bertz CT molecular complexity index is 697. The van der Waals surface area contributed by atoms with Gasteiger partial charge >= 0.3 is 0 Å². The summed E-state index contributed by atoms with van der Waals surface area (Å²) in [7, 11) is 0. The molecule has 2 rings (SSSR count). The van der Waals surface area contributed by atoms with Crippen molar-refractivity contribution < 1.29 is 4.79 Å². The minimum atomic E-state index is -0.127. The summed E-state index contributed by atoms with van der Waals surface area (Å²) in [6.45, 7) is 8.38. The molecular formula is C15H19N3OS. The van der Waals surface area contributed by atoms with E-state index in [1.54, 1.807) is 0 Å². The van der Waals surface area contributed by atoms with Crippen LogP contribution in [0.4, 0.5) is 5.69 Å². The van der Waals surface area contributed by atoms with Crippen LogP contribution in [0.25, 0.3) is 10.1 Å². The predicted octanol–water partition coefficient (Wildman–Crippen LogP) is 3.19. The van der Waals surface area contributed by atoms with Crippen molar-refractivity contribution in [1.29, 1.82) is 0 Å². The normalized spacial score (nSPS) is 10.6. The van der Waals surface area contributed by atoms with E-state index in [0.29, 0.717) is 17.1 Å². The number of carbonyl (C=O) groups is 1. The van der Waals surface area contributed by atoms with Gasteiger partial charge in [0.15, 0.2) is 0 Å². The van der Waals surface area contributed by atoms with E-state index >= 15 is 0 Å². The molecular weight excluding hydrogens is 270 g/mol. The number of rotatable bonds is 3. The van der Waals surface area contributed by atoms with Crippen LogP contribution < -0.4 is 11.1 Å². The molecule has 0 atom stereocenters. The van der Waals surface area contributed by atoms with E-state index in [-0.39, 0.29) is 5.91 Å². The number of nitrogens with two attached hydrogens (primary N) is 1. The number of thiophene rings is 1. The van der Waals surface area contributed by atoms with Crippen molar-refractivity contribution in [2.75, 3.05) is 12.3 Å². The molecule has 106 valence electrons. The van der Waals surface area contributed by atoms with Crippen LogP contribution in [0.2, 0.25) is 0 Å². The monoisotopic (exact) mass is 289 g/mol. The highest BCUT2D eigenvalue weighted by atomic mass is 32.1. The number of allylic oxidation sites excluding steroid dienone is 1. The molecule has 0 aromatic carbocycles. The quantitative estimate of drug-likeness (QED) is 0.853. The molecule has 0 bridgehead atoms. The molecule has 4 nitrogen and oxygen atoms in total. The van der Waals surface area contributed by atoms with Crippen molar-refractivity contribution in [2.24, 2.45) is 0 Å². The van der Waals surface area contributed by atoms with Crippen LogP contribution in [0.3, 0.4) is 0 Å². The van der Waals surface area contributed by atoms with Gasteiger partial charge in [0.1, 0.15) is 4.88 Å². The molecule has 20 heavy (non-hydrogen) atoms. The summed E-state index contributed by atoms with van der Waals surface area (Å²) in [4.78, 5) is 17.2. The largest absolute Gasteiger partial charge is 0.397 e. The third-order valence-corrected chi connectivity index (χ3v) is 4.15. The second kappa shape index (κ2) is 5.63. The second-order valence-corrected chi connectivity index (χ2v) is 6.11. The van der Waals surface area contributed by atoms with Gasteiger partial charge in [-0.3, -0.25) is 9.78 Å². The maximum Gasteiger partial charge on any atom is 0.263 e. The van der Waals surface area contributed by atoms with Crippen molar-refractivity contribution in [3.8, 4) is 0 Å². The van der Waals surface area contributed by atoms with Crippen molar-refractivity contribution in [1.82, 2.24) is 10.3 Å². The molecule has 0 aliphatic heterocycles. The lowest BCUT2D eigenvalue weighted by atomic mass is 10.2. The zero-order valence-corrected chi connectivity index (χ0v) is 13.0. The number of anilines is 1. The smallest absolute Gasteiger partial charge is 0.263 e. The maximum absolute atomic E-state index is 12.2. The maximum atomic E-state index is 12.2. The molecule has 2 heterocycles. The highest BCUT2D eigenvalue weighted by molar-refractivity contribution is 7.21. The number of hydrogen-bond acceptors (Lipinski definition) is 4. The van der Waals surface area contributed by atoms with Crippen LogP contribution in [0, 0.1) is 13.8 Å². The zero-order chi connectivity index (χ0) is 14.9. The standard InChI is InChI=1S/C15H19N3OS/c1-8(2)5-6-17-15(19)14-13(16)12-10(4)18-9(3)7-11(12)20-14/h5,7H,6,16H2,1-4H3,(H,17,19). The van der Waals surface area contributed by atoms with Crippen LogP contribution in [-0.2, 0) is 0 Å². The molecule has 0 spiro atoms. The van der Waals surface area contributed by atoms with Crippen LogP contribution >= 0.6 is 11.3 Å². The number of nitrogen functional groups attached to an aromatic ring is 1. The number of fused-ring (bicyclic) bond motifs is 1. The molecule has 0 aliphatic rings. The summed E-state index contributed by atoms with van der Waals surface area (Å²) >= 11 is 1.42. The van der Waals surface area contributed by atoms with E-state index in [2.05, 4.69) is 10.3 Å². The molecule has 5 heteroatoms. The Hall–Kier alpha value is -1.88. The topological polar surface area (TPSA) is 68.0 Å². The van der Waals surface area contributed by atoms with Gasteiger partial charge in [-0.1, -0.05) is 11.6 Å². The number of aromatic nitrogens is 1. The van der Waals surface area contributed by atoms with Crippen molar-refractivity contribution in [3.05, 3.63) is 34.0 Å². The third-order valence-electron chi connectivity index (χ3n) is 3.00. The fourth-order valence-corrected chi connectivity index (χ4v) is 3.26. The first-order valence-corrected chi connectivity index (χ1v) is 7.29. The van der Waals surface area contributed by atoms with Crippen LogP contribution in [-0.4, -0.2) is 17.4 Å². The van der Waals surface area contributed by atoms with E-state index in [4.69, 9.17) is 5.73 Å². The number of nitrogens with zero attached hydrogens (tertiary/aromatic N) is 1. The van der Waals surface area contributed by atoms with Gasteiger partial charge in [-0.2, -0.15) is 0 Å². The van der Waals surface area contributed by atoms with Gasteiger partial charge in [-0.25, -0.2) is 0 Å². The van der Waals surface area contributed by atoms with E-state index in [1.165, 1.54) is 16.9 Å². The van der Waals surface area contributed by atoms with Gasteiger partial charge in [0, 0.05) is 28.0 Å². The molecule has 0 saturated heterocycles. The molecule has 0 radical (unpaired) electrons. The summed E-state index contributed by atoms with van der Waals surface area (Å²) in [5.41, 5.74) is 9.63. The van der Waals surface area contributed by atoms with E-state index in [9.17, 15) is 4.79 Å². The first kappa shape index (κ1) is 14.5. The fourth-order valence-electron chi connectivity index (χ4n) is 2.08. The summed E-state index contributed by atoms with van der Waals surface area (Å²) < 4.78 is 1.01. The number of carbonyl (C=O) groups excluding carboxylic acids is 1. The fraction of sp³-hybridized carbons (Fsp3) is 0.333. The summed E-state index contributed by atoms with van der Waals surface area (Å²) in [5, 5.41) is 3.76. The van der Waals surface area contributed by atoms with Crippen molar-refractivity contribution in [2.45, 2.75) is 27.7 Å². The van der Waals surface area contributed by atoms with Crippen LogP contribution in [0.5, 0.6) is 0 Å². The Balaban J connectivity index is 2.36. The summed E-state index contributed by atoms with van der Waals surface area (Å²) in [5.74, 6) is -0.127. The highest BCUT2D eigenvalue weighted by Crippen LogP contribution is 2.35. The molecule has 1 amide bonds. The van der Waals surface area contributed by atoms with Gasteiger partial charge in [0.25, 0.3) is 5.91 Å². The molecule has 0 saturated carbocycles. The Morgan fingerprint density at radius 3 is 2.80 bits per heavy atom. The SMILES string of the molecule is CC(C)=CCNC(=O)c1sc2cc(C)nc(C)c2c1N. The van der Waals surface area contributed by atoms with Crippen LogP contribution in [0.1, 0.15) is 34.9 Å². The first-order chi connectivity index (χ1) is 9.40. The average Bonchev–Trinajstić information content (AvgIpc) is 2.65. The molecule has 2 aromatic rings. The van der Waals surface area contributed by atoms with Gasteiger partial charge in [-0.05, 0) is 33.8 Å². The number of pyridine rings is 1. The minimum Gasteiger partial charge on any atom is -0.397 e. The number of amides is 1. The number of aryl methyl sites for hydroxylation is 2. The Kier molecular flexibility index (Phi) is 4.09. The molecule has 3 N–H and O–H groups in total. The lowest BCUT2D eigenvalue weighted by Gasteiger charge is -2.02. The van der Waals surface area contributed by atoms with Crippen molar-refractivity contribution in [3.63, 3.8) is 0 Å². The van der Waals surface area contributed by atoms with E-state index < -0.39 is 0 Å². The highest BCUT2D eigenvalue weighted by Gasteiger charge is 2.17. The number of hydrogen-bond donors (Lipinski definition) is 2. The van der Waals surface area contributed by atoms with Crippen molar-refractivity contribution >= 4 is 33.0 Å². The zero-order valence-electron chi connectivity index (χ0n) is 12.2. The molecule has 2 aromatic heterocycles. The van der Waals surface area contributed by atoms with Gasteiger partial charge in [0.05, 0.1) is 5.69 Å². The summed E-state index contributed by atoms with van der Waals surface area (Å²) in [6.07, 6.45) is 1.97. The van der Waals surface area contributed by atoms with E-state index in [0.717, 1.165) is 21.5 Å². The third kappa shape index (κ3) is 2.82. The Morgan fingerprint density at radius 2 is 2.15 bits per heavy atom. The average molecular weight is 289 g/mol. The lowest BCUT2D eigenvalue weighted by molar-refractivity contribution is 0.0963. The minimum absolute atomic E-state index is 0.127. The Labute approximate surface area is 122 Å². The first-order valence-electron chi connectivity index (χ1n) is 6.48. The predicted molar refractivity (Wildman–Crippen MR) is 85.3 cm³/mol. The molecule has 0 fully saturated rings. The molecule has 0 aliphatic carbocycles. The van der Waals surface area contributed by atoms with Gasteiger partial charge in [0.2, 0.25) is 0 Å². The lowest BCUT2D eigenvalue weighted by Crippen LogP contribution is -2.23. The van der Waals surface area contributed by atoms with E-state index in [1.807, 2.05) is 39.8 Å². The second-order valence-electron chi connectivity index (χ2n) is 5.06. The molecule has 0 unspecified atom stereocenters. The number of nitrogens with one attached hydrogen (secondary N) is 1. The van der Waals surface area contributed by atoms with Gasteiger partial charge in [-0.15, -0.1) is 11.3 Å². The Morgan fingerprint density at radius 1 is 1.45 bits per heavy atom. The van der Waals surface area contributed by atoms with Crippen LogP contribution in [0.15, 0.2) is 17.7 Å². The summed E-state index contributed by atoms with van der Waals surface area (Å²) in [6, 6.07) is 1.97.